The molecule has 0 saturated heterocycles. The van der Waals surface area contributed by atoms with Crippen LogP contribution in [-0.2, 0) is 19.3 Å². The molecule has 114 valence electrons. The highest BCUT2D eigenvalue weighted by Crippen LogP contribution is 2.14. The largest absolute Gasteiger partial charge is 0.352 e. The molecule has 20 heavy (non-hydrogen) atoms. The molecule has 6 heteroatoms. The van der Waals surface area contributed by atoms with Gasteiger partial charge in [-0.1, -0.05) is 34.1 Å². The maximum Gasteiger partial charge on any atom is 0.178 e. The Morgan fingerprint density at radius 3 is 2.45 bits per heavy atom. The minimum atomic E-state index is -3.24. The number of hydrogen-bond donors (Lipinski definition) is 0. The van der Waals surface area contributed by atoms with E-state index >= 15 is 0 Å². The van der Waals surface area contributed by atoms with Crippen molar-refractivity contribution < 1.29 is 17.9 Å². The van der Waals surface area contributed by atoms with Crippen molar-refractivity contribution in [3.63, 3.8) is 0 Å². The normalized spacial score (nSPS) is 14.9. The lowest BCUT2D eigenvalue weighted by Crippen LogP contribution is -2.26. The third-order valence-corrected chi connectivity index (χ3v) is 5.05. The van der Waals surface area contributed by atoms with Crippen molar-refractivity contribution in [3.05, 3.63) is 30.3 Å². The van der Waals surface area contributed by atoms with Crippen molar-refractivity contribution in [2.45, 2.75) is 37.6 Å². The third-order valence-electron chi connectivity index (χ3n) is 2.76. The first-order valence-electron chi connectivity index (χ1n) is 6.60. The number of benzene rings is 1. The molecule has 2 atom stereocenters. The third kappa shape index (κ3) is 5.91. The van der Waals surface area contributed by atoms with Crippen LogP contribution in [0.3, 0.4) is 0 Å². The average molecular weight is 365 g/mol. The summed E-state index contributed by atoms with van der Waals surface area (Å²) in [4.78, 5) is 0.356. The highest BCUT2D eigenvalue weighted by Gasteiger charge is 2.18. The van der Waals surface area contributed by atoms with E-state index in [0.717, 1.165) is 0 Å². The van der Waals surface area contributed by atoms with Gasteiger partial charge in [0.1, 0.15) is 0 Å². The molecule has 0 spiro atoms. The second kappa shape index (κ2) is 8.77. The Hall–Kier alpha value is -0.430. The van der Waals surface area contributed by atoms with Crippen LogP contribution in [0.25, 0.3) is 0 Å². The summed E-state index contributed by atoms with van der Waals surface area (Å²) < 4.78 is 35.2. The van der Waals surface area contributed by atoms with E-state index in [1.165, 1.54) is 0 Å². The predicted molar refractivity (Wildman–Crippen MR) is 82.9 cm³/mol. The number of halogens is 1. The van der Waals surface area contributed by atoms with Crippen LogP contribution in [0, 0.1) is 0 Å². The fourth-order valence-corrected chi connectivity index (χ4v) is 3.49. The average Bonchev–Trinajstić information content (AvgIpc) is 2.46. The maximum absolute atomic E-state index is 12.1. The molecule has 0 aliphatic rings. The number of hydrogen-bond acceptors (Lipinski definition) is 4. The van der Waals surface area contributed by atoms with E-state index in [-0.39, 0.29) is 18.1 Å². The predicted octanol–water partition coefficient (Wildman–Crippen LogP) is 3.01. The number of sulfone groups is 1. The molecular weight excluding hydrogens is 344 g/mol. The van der Waals surface area contributed by atoms with Crippen molar-refractivity contribution in [1.82, 2.24) is 0 Å². The molecule has 0 bridgehead atoms. The van der Waals surface area contributed by atoms with Crippen molar-refractivity contribution in [2.75, 3.05) is 17.7 Å². The Kier molecular flexibility index (Phi) is 7.72. The van der Waals surface area contributed by atoms with Crippen LogP contribution in [0.4, 0.5) is 0 Å². The quantitative estimate of drug-likeness (QED) is 0.499. The van der Waals surface area contributed by atoms with Gasteiger partial charge in [-0.15, -0.1) is 0 Å². The Labute approximate surface area is 129 Å². The molecule has 1 aromatic rings. The lowest BCUT2D eigenvalue weighted by molar-refractivity contribution is -0.149. The summed E-state index contributed by atoms with van der Waals surface area (Å²) in [5.41, 5.74) is 0. The monoisotopic (exact) mass is 364 g/mol. The molecule has 0 saturated carbocycles. The second-order valence-electron chi connectivity index (χ2n) is 4.41. The molecule has 0 fully saturated rings. The molecule has 0 N–H and O–H groups in total. The van der Waals surface area contributed by atoms with Gasteiger partial charge in [0.15, 0.2) is 16.1 Å². The Morgan fingerprint density at radius 2 is 1.90 bits per heavy atom. The van der Waals surface area contributed by atoms with E-state index in [1.54, 1.807) is 30.3 Å². The molecule has 0 amide bonds. The summed E-state index contributed by atoms with van der Waals surface area (Å²) in [7, 11) is -3.24. The number of alkyl halides is 1. The minimum Gasteiger partial charge on any atom is -0.352 e. The summed E-state index contributed by atoms with van der Waals surface area (Å²) in [6, 6.07) is 8.48. The summed E-state index contributed by atoms with van der Waals surface area (Å²) in [6.45, 7) is 4.31. The van der Waals surface area contributed by atoms with Gasteiger partial charge in [0, 0.05) is 6.61 Å². The molecule has 1 rings (SSSR count). The standard InChI is InChI=1S/C14H21BrO4S/c1-3-18-14(11-15)19-12(2)9-10-20(16,17)13-7-5-4-6-8-13/h4-8,12,14H,3,9-11H2,1-2H3. The van der Waals surface area contributed by atoms with Gasteiger partial charge in [-0.25, -0.2) is 8.42 Å². The molecule has 4 nitrogen and oxygen atoms in total. The van der Waals surface area contributed by atoms with E-state index in [9.17, 15) is 8.42 Å². The van der Waals surface area contributed by atoms with Gasteiger partial charge in [0.05, 0.1) is 22.1 Å². The molecule has 0 radical (unpaired) electrons. The lowest BCUT2D eigenvalue weighted by Gasteiger charge is -2.20. The molecule has 0 aromatic heterocycles. The summed E-state index contributed by atoms with van der Waals surface area (Å²) in [6.07, 6.45) is -0.0784. The molecule has 0 heterocycles. The lowest BCUT2D eigenvalue weighted by atomic mass is 10.3. The van der Waals surface area contributed by atoms with Crippen LogP contribution in [0.2, 0.25) is 0 Å². The van der Waals surface area contributed by atoms with E-state index in [4.69, 9.17) is 9.47 Å². The zero-order valence-electron chi connectivity index (χ0n) is 11.8. The van der Waals surface area contributed by atoms with E-state index in [0.29, 0.717) is 23.3 Å². The first-order valence-corrected chi connectivity index (χ1v) is 9.37. The van der Waals surface area contributed by atoms with Crippen LogP contribution >= 0.6 is 15.9 Å². The second-order valence-corrected chi connectivity index (χ2v) is 7.16. The summed E-state index contributed by atoms with van der Waals surface area (Å²) in [5, 5.41) is 0.566. The van der Waals surface area contributed by atoms with Gasteiger partial charge in [-0.05, 0) is 32.4 Å². The molecule has 1 aromatic carbocycles. The van der Waals surface area contributed by atoms with E-state index in [1.807, 2.05) is 13.8 Å². The SMILES string of the molecule is CCOC(CBr)OC(C)CCS(=O)(=O)c1ccccc1. The van der Waals surface area contributed by atoms with E-state index < -0.39 is 9.84 Å². The highest BCUT2D eigenvalue weighted by molar-refractivity contribution is 9.09. The summed E-state index contributed by atoms with van der Waals surface area (Å²) in [5.74, 6) is 0.0688. The minimum absolute atomic E-state index is 0.0688. The van der Waals surface area contributed by atoms with Crippen molar-refractivity contribution in [1.29, 1.82) is 0 Å². The first-order chi connectivity index (χ1) is 9.49. The number of ether oxygens (including phenoxy) is 2. The first kappa shape index (κ1) is 17.6. The fraction of sp³-hybridized carbons (Fsp3) is 0.571. The van der Waals surface area contributed by atoms with Gasteiger partial charge in [-0.2, -0.15) is 0 Å². The molecule has 0 aliphatic carbocycles. The fourth-order valence-electron chi connectivity index (χ4n) is 1.70. The van der Waals surface area contributed by atoms with Crippen molar-refractivity contribution >= 4 is 25.8 Å². The maximum atomic E-state index is 12.1. The van der Waals surface area contributed by atoms with Crippen molar-refractivity contribution in [2.24, 2.45) is 0 Å². The van der Waals surface area contributed by atoms with Crippen LogP contribution in [0.1, 0.15) is 20.3 Å². The molecule has 0 aliphatic heterocycles. The Bertz CT molecular complexity index is 475. The van der Waals surface area contributed by atoms with Crippen LogP contribution in [0.15, 0.2) is 35.2 Å². The van der Waals surface area contributed by atoms with Gasteiger partial charge < -0.3 is 9.47 Å². The Morgan fingerprint density at radius 1 is 1.25 bits per heavy atom. The van der Waals surface area contributed by atoms with Crippen LogP contribution in [-0.4, -0.2) is 38.5 Å². The van der Waals surface area contributed by atoms with E-state index in [2.05, 4.69) is 15.9 Å². The zero-order chi connectivity index (χ0) is 15.0. The topological polar surface area (TPSA) is 52.6 Å². The molecular formula is C14H21BrO4S. The molecule has 2 unspecified atom stereocenters. The van der Waals surface area contributed by atoms with Gasteiger partial charge in [0.2, 0.25) is 0 Å². The van der Waals surface area contributed by atoms with Gasteiger partial charge >= 0.3 is 0 Å². The van der Waals surface area contributed by atoms with Crippen LogP contribution < -0.4 is 0 Å². The number of rotatable bonds is 9. The van der Waals surface area contributed by atoms with Crippen molar-refractivity contribution in [3.8, 4) is 0 Å². The van der Waals surface area contributed by atoms with Gasteiger partial charge in [-0.3, -0.25) is 0 Å². The highest BCUT2D eigenvalue weighted by atomic mass is 79.9. The van der Waals surface area contributed by atoms with Crippen LogP contribution in [0.5, 0.6) is 0 Å². The van der Waals surface area contributed by atoms with Gasteiger partial charge in [0.25, 0.3) is 0 Å². The Balaban J connectivity index is 2.50. The summed E-state index contributed by atoms with van der Waals surface area (Å²) >= 11 is 3.30. The smallest absolute Gasteiger partial charge is 0.178 e. The zero-order valence-corrected chi connectivity index (χ0v) is 14.2.